The Balaban J connectivity index is 1.67. The third kappa shape index (κ3) is 6.07. The number of amides is 1. The van der Waals surface area contributed by atoms with Crippen LogP contribution >= 0.6 is 7.92 Å². The quantitative estimate of drug-likeness (QED) is 0.289. The summed E-state index contributed by atoms with van der Waals surface area (Å²) in [6.45, 7) is 5.78. The maximum atomic E-state index is 14.5. The fourth-order valence-electron chi connectivity index (χ4n) is 4.06. The van der Waals surface area contributed by atoms with Gasteiger partial charge < -0.3 is 9.47 Å². The fourth-order valence-corrected chi connectivity index (χ4v) is 6.45. The Morgan fingerprint density at radius 1 is 0.943 bits per heavy atom. The number of rotatable bonds is 5. The van der Waals surface area contributed by atoms with Gasteiger partial charge in [0.1, 0.15) is 23.2 Å². The minimum Gasteiger partial charge on any atom is -0.444 e. The van der Waals surface area contributed by atoms with Gasteiger partial charge in [-0.2, -0.15) is 0 Å². The molecule has 182 valence electrons. The molecule has 0 radical (unpaired) electrons. The zero-order valence-corrected chi connectivity index (χ0v) is 21.0. The largest absolute Gasteiger partial charge is 0.444 e. The zero-order chi connectivity index (χ0) is 25.0. The summed E-state index contributed by atoms with van der Waals surface area (Å²) in [5.74, 6) is -0.654. The van der Waals surface area contributed by atoms with E-state index in [0.29, 0.717) is 30.4 Å². The van der Waals surface area contributed by atoms with E-state index in [-0.39, 0.29) is 0 Å². The topological polar surface area (TPSA) is 55.8 Å². The van der Waals surface area contributed by atoms with Crippen molar-refractivity contribution in [2.24, 2.45) is 0 Å². The third-order valence-electron chi connectivity index (χ3n) is 5.55. The molecular formula is C28H29FNO4P. The molecule has 7 heteroatoms. The van der Waals surface area contributed by atoms with Crippen LogP contribution in [0.1, 0.15) is 33.6 Å². The second kappa shape index (κ2) is 10.6. The number of likely N-dealkylation sites (tertiary alicyclic amines) is 1. The molecule has 1 aliphatic rings. The molecule has 1 aliphatic heterocycles. The summed E-state index contributed by atoms with van der Waals surface area (Å²) in [4.78, 5) is 27.4. The Labute approximate surface area is 206 Å². The van der Waals surface area contributed by atoms with Crippen LogP contribution < -0.4 is 20.7 Å². The van der Waals surface area contributed by atoms with E-state index in [1.165, 1.54) is 23.1 Å². The number of ether oxygens (including phenoxy) is 2. The minimum absolute atomic E-state index is 0.297. The van der Waals surface area contributed by atoms with E-state index in [2.05, 4.69) is 0 Å². The molecule has 3 aromatic rings. The first-order valence-corrected chi connectivity index (χ1v) is 13.0. The summed E-state index contributed by atoms with van der Waals surface area (Å²) in [6.07, 6.45) is 0.628. The van der Waals surface area contributed by atoms with Gasteiger partial charge in [0.15, 0.2) is 0 Å². The number of halogens is 1. The normalized spacial score (nSPS) is 15.8. The van der Waals surface area contributed by atoms with E-state index in [4.69, 9.17) is 9.47 Å². The lowest BCUT2D eigenvalue weighted by Gasteiger charge is -2.28. The van der Waals surface area contributed by atoms with Gasteiger partial charge in [0.25, 0.3) is 0 Å². The molecule has 1 fully saturated rings. The van der Waals surface area contributed by atoms with Crippen LogP contribution in [-0.2, 0) is 9.53 Å². The van der Waals surface area contributed by atoms with Gasteiger partial charge in [-0.3, -0.25) is 4.90 Å². The highest BCUT2D eigenvalue weighted by atomic mass is 31.1. The van der Waals surface area contributed by atoms with Crippen LogP contribution in [0, 0.1) is 5.82 Å². The summed E-state index contributed by atoms with van der Waals surface area (Å²) in [5.41, 5.74) is -0.667. The van der Waals surface area contributed by atoms with Crippen molar-refractivity contribution in [3.63, 3.8) is 0 Å². The number of carbonyl (C=O) groups excluding carboxylic acids is 2. The summed E-state index contributed by atoms with van der Waals surface area (Å²) < 4.78 is 25.9. The molecule has 0 N–H and O–H groups in total. The first-order chi connectivity index (χ1) is 16.7. The molecule has 4 rings (SSSR count). The Hall–Kier alpha value is -3.24. The van der Waals surface area contributed by atoms with Crippen molar-refractivity contribution in [3.8, 4) is 5.75 Å². The monoisotopic (exact) mass is 493 g/mol. The molecule has 0 aromatic heterocycles. The lowest BCUT2D eigenvalue weighted by Crippen LogP contribution is -2.45. The van der Waals surface area contributed by atoms with E-state index < -0.39 is 37.4 Å². The second-order valence-corrected chi connectivity index (χ2v) is 11.6. The molecule has 1 heterocycles. The van der Waals surface area contributed by atoms with Gasteiger partial charge in [-0.05, 0) is 70.3 Å². The Bertz CT molecular complexity index is 1140. The maximum absolute atomic E-state index is 14.5. The van der Waals surface area contributed by atoms with Crippen LogP contribution in [0.2, 0.25) is 0 Å². The van der Waals surface area contributed by atoms with Crippen LogP contribution in [-0.4, -0.2) is 35.2 Å². The number of benzene rings is 3. The number of esters is 1. The van der Waals surface area contributed by atoms with Gasteiger partial charge in [0.05, 0.1) is 0 Å². The average Bonchev–Trinajstić information content (AvgIpc) is 3.32. The minimum atomic E-state index is -1.19. The second-order valence-electron chi connectivity index (χ2n) is 9.37. The van der Waals surface area contributed by atoms with E-state index >= 15 is 0 Å². The van der Waals surface area contributed by atoms with E-state index in [1.807, 2.05) is 60.7 Å². The highest BCUT2D eigenvalue weighted by Gasteiger charge is 2.38. The van der Waals surface area contributed by atoms with Crippen LogP contribution in [0.4, 0.5) is 9.18 Å². The average molecular weight is 494 g/mol. The standard InChI is InChI=1S/C28H29FNO4P/c1-28(2,3)34-27(32)30-18-10-15-23(30)26(31)33-24-17-16-20(29)19-25(24)35(21-11-6-4-7-12-21)22-13-8-5-9-14-22/h4-9,11-14,16-17,19,23H,10,15,18H2,1-3H3/t23-/m0/s1. The Kier molecular flexibility index (Phi) is 7.51. The molecule has 0 unspecified atom stereocenters. The number of hydrogen-bond acceptors (Lipinski definition) is 4. The molecule has 35 heavy (non-hydrogen) atoms. The molecule has 5 nitrogen and oxygen atoms in total. The van der Waals surface area contributed by atoms with Crippen LogP contribution in [0.15, 0.2) is 78.9 Å². The SMILES string of the molecule is CC(C)(C)OC(=O)N1CCC[C@H]1C(=O)Oc1ccc(F)cc1P(c1ccccc1)c1ccccc1. The van der Waals surface area contributed by atoms with Gasteiger partial charge in [0, 0.05) is 11.8 Å². The fraction of sp³-hybridized carbons (Fsp3) is 0.286. The first kappa shape index (κ1) is 24.9. The van der Waals surface area contributed by atoms with Crippen molar-refractivity contribution in [2.75, 3.05) is 6.54 Å². The van der Waals surface area contributed by atoms with Crippen molar-refractivity contribution in [2.45, 2.75) is 45.3 Å². The van der Waals surface area contributed by atoms with Crippen molar-refractivity contribution in [1.29, 1.82) is 0 Å². The molecule has 1 amide bonds. The van der Waals surface area contributed by atoms with Gasteiger partial charge in [0.2, 0.25) is 0 Å². The molecule has 0 bridgehead atoms. The highest BCUT2D eigenvalue weighted by molar-refractivity contribution is 7.80. The van der Waals surface area contributed by atoms with E-state index in [0.717, 1.165) is 10.6 Å². The summed E-state index contributed by atoms with van der Waals surface area (Å²) in [5, 5.41) is 2.62. The smallest absolute Gasteiger partial charge is 0.411 e. The highest BCUT2D eigenvalue weighted by Crippen LogP contribution is 2.37. The summed E-state index contributed by atoms with van der Waals surface area (Å²) in [6, 6.07) is 23.1. The molecule has 3 aromatic carbocycles. The lowest BCUT2D eigenvalue weighted by atomic mass is 10.2. The molecule has 1 atom stereocenters. The van der Waals surface area contributed by atoms with Gasteiger partial charge in [-0.1, -0.05) is 60.7 Å². The number of nitrogens with zero attached hydrogens (tertiary/aromatic N) is 1. The number of hydrogen-bond donors (Lipinski definition) is 0. The first-order valence-electron chi connectivity index (χ1n) is 11.6. The van der Waals surface area contributed by atoms with E-state index in [9.17, 15) is 14.0 Å². The molecule has 0 spiro atoms. The lowest BCUT2D eigenvalue weighted by molar-refractivity contribution is -0.139. The predicted molar refractivity (Wildman–Crippen MR) is 137 cm³/mol. The van der Waals surface area contributed by atoms with Crippen molar-refractivity contribution in [1.82, 2.24) is 4.90 Å². The zero-order valence-electron chi connectivity index (χ0n) is 20.1. The van der Waals surface area contributed by atoms with E-state index in [1.54, 1.807) is 20.8 Å². The van der Waals surface area contributed by atoms with Gasteiger partial charge in [-0.15, -0.1) is 0 Å². The Morgan fingerprint density at radius 2 is 1.54 bits per heavy atom. The molecular weight excluding hydrogens is 464 g/mol. The van der Waals surface area contributed by atoms with Crippen molar-refractivity contribution >= 4 is 35.9 Å². The van der Waals surface area contributed by atoms with Gasteiger partial charge in [-0.25, -0.2) is 14.0 Å². The van der Waals surface area contributed by atoms with Crippen molar-refractivity contribution < 1.29 is 23.5 Å². The van der Waals surface area contributed by atoms with Crippen LogP contribution in [0.5, 0.6) is 5.75 Å². The predicted octanol–water partition coefficient (Wildman–Crippen LogP) is 4.89. The van der Waals surface area contributed by atoms with Gasteiger partial charge >= 0.3 is 12.1 Å². The maximum Gasteiger partial charge on any atom is 0.411 e. The van der Waals surface area contributed by atoms with Crippen LogP contribution in [0.3, 0.4) is 0 Å². The molecule has 0 saturated carbocycles. The summed E-state index contributed by atoms with van der Waals surface area (Å²) in [7, 11) is -1.19. The molecule has 0 aliphatic carbocycles. The van der Waals surface area contributed by atoms with Crippen molar-refractivity contribution in [3.05, 3.63) is 84.7 Å². The summed E-state index contributed by atoms with van der Waals surface area (Å²) >= 11 is 0. The van der Waals surface area contributed by atoms with Crippen LogP contribution in [0.25, 0.3) is 0 Å². The third-order valence-corrected chi connectivity index (χ3v) is 8.01. The molecule has 1 saturated heterocycles. The number of carbonyl (C=O) groups is 2. The Morgan fingerprint density at radius 3 is 2.11 bits per heavy atom.